The number of rotatable bonds is 8. The highest BCUT2D eigenvalue weighted by Crippen LogP contribution is 2.42. The molecule has 200 valence electrons. The van der Waals surface area contributed by atoms with Gasteiger partial charge in [-0.2, -0.15) is 0 Å². The zero-order chi connectivity index (χ0) is 27.9. The number of halogens is 2. The molecule has 1 aliphatic heterocycles. The molecule has 0 saturated carbocycles. The molecule has 7 nitrogen and oxygen atoms in total. The SMILES string of the molecule is CCOC(=O)C1=C(O)/C(=C/c2cc(Cl)c(OCc3ccccc3F)c(OC)c2)SC1=NC(=O)c1ccccc1. The first-order valence-corrected chi connectivity index (χ1v) is 12.9. The molecule has 0 atom stereocenters. The van der Waals surface area contributed by atoms with Crippen molar-refractivity contribution in [3.63, 3.8) is 0 Å². The number of benzene rings is 3. The standard InChI is InChI=1S/C29H23ClFNO6S/c1-3-37-29(35)24-25(33)23(39-28(24)32-27(34)18-9-5-4-6-10-18)15-17-13-20(30)26(22(14-17)36-2)38-16-19-11-7-8-12-21(19)31/h4-15,33H,3,16H2,1-2H3/b23-15-,32-28?. The first-order valence-electron chi connectivity index (χ1n) is 11.7. The molecule has 39 heavy (non-hydrogen) atoms. The van der Waals surface area contributed by atoms with Crippen LogP contribution in [0.4, 0.5) is 4.39 Å². The van der Waals surface area contributed by atoms with Gasteiger partial charge in [-0.05, 0) is 48.9 Å². The average Bonchev–Trinajstić information content (AvgIpc) is 3.23. The Bertz CT molecular complexity index is 1500. The average molecular weight is 568 g/mol. The van der Waals surface area contributed by atoms with Crippen molar-refractivity contribution in [3.8, 4) is 11.5 Å². The number of aliphatic hydroxyl groups is 1. The Morgan fingerprint density at radius 3 is 2.51 bits per heavy atom. The van der Waals surface area contributed by atoms with Crippen molar-refractivity contribution in [3.05, 3.63) is 110 Å². The van der Waals surface area contributed by atoms with Crippen LogP contribution in [-0.4, -0.2) is 35.7 Å². The molecule has 0 fully saturated rings. The summed E-state index contributed by atoms with van der Waals surface area (Å²) in [6.07, 6.45) is 1.56. The molecule has 3 aromatic rings. The second-order valence-electron chi connectivity index (χ2n) is 8.06. The van der Waals surface area contributed by atoms with E-state index < -0.39 is 17.7 Å². The van der Waals surface area contributed by atoms with Crippen molar-refractivity contribution in [1.29, 1.82) is 0 Å². The minimum absolute atomic E-state index is 0.00829. The van der Waals surface area contributed by atoms with Crippen LogP contribution < -0.4 is 9.47 Å². The molecule has 1 amide bonds. The molecule has 10 heteroatoms. The van der Waals surface area contributed by atoms with Crippen LogP contribution in [0.2, 0.25) is 5.02 Å². The summed E-state index contributed by atoms with van der Waals surface area (Å²) in [5.74, 6) is -1.68. The zero-order valence-electron chi connectivity index (χ0n) is 20.9. The van der Waals surface area contributed by atoms with E-state index in [9.17, 15) is 19.1 Å². The fourth-order valence-corrected chi connectivity index (χ4v) is 4.90. The molecule has 0 spiro atoms. The summed E-state index contributed by atoms with van der Waals surface area (Å²) in [5, 5.41) is 11.1. The van der Waals surface area contributed by atoms with E-state index in [1.807, 2.05) is 0 Å². The Kier molecular flexibility index (Phi) is 9.06. The maximum Gasteiger partial charge on any atom is 0.344 e. The van der Waals surface area contributed by atoms with Crippen molar-refractivity contribution in [1.82, 2.24) is 0 Å². The second-order valence-corrected chi connectivity index (χ2v) is 9.49. The van der Waals surface area contributed by atoms with Gasteiger partial charge in [-0.1, -0.05) is 59.8 Å². The van der Waals surface area contributed by atoms with Crippen LogP contribution in [0.1, 0.15) is 28.4 Å². The molecule has 0 aromatic heterocycles. The van der Waals surface area contributed by atoms with Crippen LogP contribution >= 0.6 is 23.4 Å². The number of aliphatic imine (C=N–C) groups is 1. The number of thioether (sulfide) groups is 1. The molecule has 0 bridgehead atoms. The van der Waals surface area contributed by atoms with Gasteiger partial charge in [0, 0.05) is 11.1 Å². The van der Waals surface area contributed by atoms with E-state index in [1.54, 1.807) is 73.7 Å². The monoisotopic (exact) mass is 567 g/mol. The summed E-state index contributed by atoms with van der Waals surface area (Å²) < 4.78 is 30.3. The van der Waals surface area contributed by atoms with Gasteiger partial charge in [-0.15, -0.1) is 0 Å². The number of methoxy groups -OCH3 is 1. The molecule has 1 N–H and O–H groups in total. The van der Waals surface area contributed by atoms with E-state index in [-0.39, 0.29) is 51.0 Å². The molecular formula is C29H23ClFNO6S. The van der Waals surface area contributed by atoms with Crippen LogP contribution in [-0.2, 0) is 16.1 Å². The highest BCUT2D eigenvalue weighted by Gasteiger charge is 2.34. The summed E-state index contributed by atoms with van der Waals surface area (Å²) in [4.78, 5) is 29.7. The maximum atomic E-state index is 14.0. The third-order valence-electron chi connectivity index (χ3n) is 5.47. The predicted molar refractivity (Wildman–Crippen MR) is 149 cm³/mol. The summed E-state index contributed by atoms with van der Waals surface area (Å²) >= 11 is 7.42. The number of aliphatic hydroxyl groups excluding tert-OH is 1. The summed E-state index contributed by atoms with van der Waals surface area (Å²) in [7, 11) is 1.43. The van der Waals surface area contributed by atoms with Crippen molar-refractivity contribution in [2.45, 2.75) is 13.5 Å². The number of carbonyl (C=O) groups is 2. The lowest BCUT2D eigenvalue weighted by Crippen LogP contribution is -2.14. The van der Waals surface area contributed by atoms with Gasteiger partial charge < -0.3 is 19.3 Å². The number of hydrogen-bond donors (Lipinski definition) is 1. The number of hydrogen-bond acceptors (Lipinski definition) is 7. The number of carbonyl (C=O) groups excluding carboxylic acids is 2. The van der Waals surface area contributed by atoms with Crippen LogP contribution in [0.3, 0.4) is 0 Å². The molecular weight excluding hydrogens is 545 g/mol. The van der Waals surface area contributed by atoms with E-state index >= 15 is 0 Å². The Balaban J connectivity index is 1.66. The number of esters is 1. The topological polar surface area (TPSA) is 94.4 Å². The number of nitrogens with zero attached hydrogens (tertiary/aromatic N) is 1. The van der Waals surface area contributed by atoms with Crippen molar-refractivity contribution >= 4 is 46.4 Å². The molecule has 4 rings (SSSR count). The minimum atomic E-state index is -0.807. The van der Waals surface area contributed by atoms with E-state index in [1.165, 1.54) is 13.2 Å². The van der Waals surface area contributed by atoms with E-state index in [0.717, 1.165) is 11.8 Å². The molecule has 1 heterocycles. The molecule has 0 saturated heterocycles. The fraction of sp³-hybridized carbons (Fsp3) is 0.138. The van der Waals surface area contributed by atoms with Gasteiger partial charge in [0.05, 0.1) is 23.6 Å². The molecule has 0 radical (unpaired) electrons. The second kappa shape index (κ2) is 12.6. The van der Waals surface area contributed by atoms with Gasteiger partial charge >= 0.3 is 5.97 Å². The lowest BCUT2D eigenvalue weighted by Gasteiger charge is -2.14. The lowest BCUT2D eigenvalue weighted by molar-refractivity contribution is -0.138. The minimum Gasteiger partial charge on any atom is -0.506 e. The Labute approximate surface area is 233 Å². The van der Waals surface area contributed by atoms with Gasteiger partial charge in [0.2, 0.25) is 0 Å². The van der Waals surface area contributed by atoms with E-state index in [4.69, 9.17) is 25.8 Å². The van der Waals surface area contributed by atoms with Crippen molar-refractivity contribution < 1.29 is 33.3 Å². The Hall–Kier alpha value is -4.08. The summed E-state index contributed by atoms with van der Waals surface area (Å²) in [6.45, 7) is 1.63. The highest BCUT2D eigenvalue weighted by atomic mass is 35.5. The quantitative estimate of drug-likeness (QED) is 0.300. The van der Waals surface area contributed by atoms with Crippen molar-refractivity contribution in [2.75, 3.05) is 13.7 Å². The molecule has 0 aliphatic carbocycles. The molecule has 0 unspecified atom stereocenters. The van der Waals surface area contributed by atoms with E-state index in [2.05, 4.69) is 4.99 Å². The number of ether oxygens (including phenoxy) is 3. The summed E-state index contributed by atoms with van der Waals surface area (Å²) in [5.41, 5.74) is 0.971. The Morgan fingerprint density at radius 1 is 1.10 bits per heavy atom. The largest absolute Gasteiger partial charge is 0.506 e. The van der Waals surface area contributed by atoms with Gasteiger partial charge in [0.15, 0.2) is 11.5 Å². The third kappa shape index (κ3) is 6.50. The van der Waals surface area contributed by atoms with Gasteiger partial charge in [-0.3, -0.25) is 4.79 Å². The molecule has 1 aliphatic rings. The highest BCUT2D eigenvalue weighted by molar-refractivity contribution is 8.18. The van der Waals surface area contributed by atoms with E-state index in [0.29, 0.717) is 16.7 Å². The van der Waals surface area contributed by atoms with Crippen LogP contribution in [0.25, 0.3) is 6.08 Å². The first kappa shape index (κ1) is 27.9. The van der Waals surface area contributed by atoms with Crippen LogP contribution in [0.15, 0.2) is 88.0 Å². The number of amides is 1. The van der Waals surface area contributed by atoms with Crippen LogP contribution in [0.5, 0.6) is 11.5 Å². The molecule has 3 aromatic carbocycles. The fourth-order valence-electron chi connectivity index (χ4n) is 3.61. The lowest BCUT2D eigenvalue weighted by atomic mass is 10.1. The third-order valence-corrected chi connectivity index (χ3v) is 6.77. The normalized spacial score (nSPS) is 15.1. The Morgan fingerprint density at radius 2 is 1.82 bits per heavy atom. The smallest absolute Gasteiger partial charge is 0.344 e. The van der Waals surface area contributed by atoms with Crippen LogP contribution in [0, 0.1) is 5.82 Å². The first-order chi connectivity index (χ1) is 18.8. The maximum absolute atomic E-state index is 14.0. The van der Waals surface area contributed by atoms with Gasteiger partial charge in [-0.25, -0.2) is 14.2 Å². The van der Waals surface area contributed by atoms with Gasteiger partial charge in [0.1, 0.15) is 28.8 Å². The predicted octanol–water partition coefficient (Wildman–Crippen LogP) is 6.77. The van der Waals surface area contributed by atoms with Gasteiger partial charge in [0.25, 0.3) is 5.91 Å². The summed E-state index contributed by atoms with van der Waals surface area (Å²) in [6, 6.07) is 17.7. The van der Waals surface area contributed by atoms with Crippen molar-refractivity contribution in [2.24, 2.45) is 4.99 Å². The zero-order valence-corrected chi connectivity index (χ0v) is 22.5.